The molecule has 36 heavy (non-hydrogen) atoms. The first-order chi connectivity index (χ1) is 17.1. The summed E-state index contributed by atoms with van der Waals surface area (Å²) >= 11 is 0. The van der Waals surface area contributed by atoms with Crippen molar-refractivity contribution in [3.63, 3.8) is 0 Å². The van der Waals surface area contributed by atoms with E-state index in [1.807, 2.05) is 6.08 Å². The topological polar surface area (TPSA) is 24.1 Å². The molecule has 0 heterocycles. The smallest absolute Gasteiger partial charge is 0.0505 e. The third kappa shape index (κ3) is 5.01. The van der Waals surface area contributed by atoms with Crippen LogP contribution in [-0.4, -0.2) is 12.1 Å². The minimum Gasteiger partial charge on any atom is -0.382 e. The number of fused-ring (bicyclic) bond motifs is 2. The minimum absolute atomic E-state index is 0.234. The fourth-order valence-corrected chi connectivity index (χ4v) is 7.61. The van der Waals surface area contributed by atoms with E-state index in [1.165, 1.54) is 34.4 Å². The van der Waals surface area contributed by atoms with Gasteiger partial charge in [-0.1, -0.05) is 95.0 Å². The molecule has 3 aliphatic rings. The predicted molar refractivity (Wildman–Crippen MR) is 156 cm³/mol. The van der Waals surface area contributed by atoms with Crippen molar-refractivity contribution in [3.05, 3.63) is 96.9 Å². The van der Waals surface area contributed by atoms with Crippen LogP contribution in [0, 0.1) is 35.0 Å². The van der Waals surface area contributed by atoms with Crippen LogP contribution in [0.3, 0.4) is 0 Å². The summed E-state index contributed by atoms with van der Waals surface area (Å²) < 4.78 is 0. The molecule has 1 aromatic carbocycles. The summed E-state index contributed by atoms with van der Waals surface area (Å²) in [5.41, 5.74) is 8.13. The molecule has 2 N–H and O–H groups in total. The first-order valence-electron chi connectivity index (χ1n) is 14.0. The number of rotatable bonds is 13. The largest absolute Gasteiger partial charge is 0.382 e. The molecule has 2 nitrogen and oxygen atoms in total. The lowest BCUT2D eigenvalue weighted by Gasteiger charge is -2.37. The lowest BCUT2D eigenvalue weighted by molar-refractivity contribution is 0.292. The fraction of sp³-hybridized carbons (Fsp3) is 0.529. The third-order valence-corrected chi connectivity index (χ3v) is 9.54. The van der Waals surface area contributed by atoms with Crippen LogP contribution in [0.5, 0.6) is 0 Å². The highest BCUT2D eigenvalue weighted by Crippen LogP contribution is 2.72. The zero-order chi connectivity index (χ0) is 26.2. The number of hydrogen-bond acceptors (Lipinski definition) is 2. The molecule has 4 rings (SSSR count). The Kier molecular flexibility index (Phi) is 7.74. The zero-order valence-corrected chi connectivity index (χ0v) is 23.2. The van der Waals surface area contributed by atoms with Gasteiger partial charge in [-0.2, -0.15) is 0 Å². The van der Waals surface area contributed by atoms with Crippen molar-refractivity contribution < 1.29 is 0 Å². The molecule has 2 heteroatoms. The van der Waals surface area contributed by atoms with Crippen LogP contribution in [0.4, 0.5) is 0 Å². The Morgan fingerprint density at radius 2 is 1.72 bits per heavy atom. The Morgan fingerprint density at radius 1 is 1.08 bits per heavy atom. The Balaban J connectivity index is 1.57. The monoisotopic (exact) mass is 484 g/mol. The highest BCUT2D eigenvalue weighted by molar-refractivity contribution is 5.36. The summed E-state index contributed by atoms with van der Waals surface area (Å²) in [4.78, 5) is 0. The van der Waals surface area contributed by atoms with Gasteiger partial charge in [0.15, 0.2) is 0 Å². The maximum absolute atomic E-state index is 4.81. The van der Waals surface area contributed by atoms with Crippen molar-refractivity contribution in [3.8, 4) is 0 Å². The van der Waals surface area contributed by atoms with Crippen LogP contribution in [0.2, 0.25) is 0 Å². The highest BCUT2D eigenvalue weighted by Gasteiger charge is 2.68. The standard InChI is InChI=1S/C34H48N2/c1-10-14-22(5)30(15-11-2)36-24(7)31-28(20-29-32(31)34(29,8)9)23(6)33(35-21(3)4)27-18-25-16-12-13-17-26(25)19-27/h10,12-13,16-17,27-33,35-36H,1,3,5-7,11,14-15,18-20H2,2,4,8-9H3. The molecular formula is C34H48N2. The summed E-state index contributed by atoms with van der Waals surface area (Å²) in [6.45, 7) is 31.2. The molecule has 0 amide bonds. The lowest BCUT2D eigenvalue weighted by Crippen LogP contribution is -2.42. The molecular weight excluding hydrogens is 436 g/mol. The second kappa shape index (κ2) is 10.5. The van der Waals surface area contributed by atoms with Crippen molar-refractivity contribution in [2.75, 3.05) is 0 Å². The maximum Gasteiger partial charge on any atom is 0.0505 e. The Morgan fingerprint density at radius 3 is 2.28 bits per heavy atom. The SMILES string of the molecule is C=CCC(=C)C(CCC)NC(=C)C1C(C(=C)C(NC(=C)C)C2Cc3ccccc3C2)CC2C1C2(C)C. The second-order valence-corrected chi connectivity index (χ2v) is 12.4. The van der Waals surface area contributed by atoms with Gasteiger partial charge in [0.05, 0.1) is 6.04 Å². The quantitative estimate of drug-likeness (QED) is 0.280. The van der Waals surface area contributed by atoms with Gasteiger partial charge in [0.25, 0.3) is 0 Å². The number of benzene rings is 1. The third-order valence-electron chi connectivity index (χ3n) is 9.54. The van der Waals surface area contributed by atoms with Gasteiger partial charge in [-0.3, -0.25) is 0 Å². The highest BCUT2D eigenvalue weighted by atomic mass is 15.0. The molecule has 6 atom stereocenters. The minimum atomic E-state index is 0.234. The predicted octanol–water partition coefficient (Wildman–Crippen LogP) is 7.76. The first-order valence-corrected chi connectivity index (χ1v) is 14.0. The van der Waals surface area contributed by atoms with Crippen LogP contribution in [0.15, 0.2) is 85.8 Å². The number of nitrogens with one attached hydrogen (secondary N) is 2. The van der Waals surface area contributed by atoms with Gasteiger partial charge < -0.3 is 10.6 Å². The Hall–Kier alpha value is -2.48. The van der Waals surface area contributed by atoms with E-state index in [2.05, 4.69) is 88.9 Å². The van der Waals surface area contributed by atoms with Gasteiger partial charge in [0, 0.05) is 23.4 Å². The van der Waals surface area contributed by atoms with Gasteiger partial charge in [-0.15, -0.1) is 6.58 Å². The Labute approximate surface area is 220 Å². The van der Waals surface area contributed by atoms with E-state index in [0.29, 0.717) is 29.1 Å². The average Bonchev–Trinajstić information content (AvgIpc) is 3.21. The number of allylic oxidation sites excluding steroid dienone is 3. The van der Waals surface area contributed by atoms with E-state index in [-0.39, 0.29) is 12.1 Å². The fourth-order valence-electron chi connectivity index (χ4n) is 7.61. The van der Waals surface area contributed by atoms with E-state index >= 15 is 0 Å². The van der Waals surface area contributed by atoms with Crippen molar-refractivity contribution in [1.82, 2.24) is 10.6 Å². The number of hydrogen-bond donors (Lipinski definition) is 2. The van der Waals surface area contributed by atoms with Crippen LogP contribution in [-0.2, 0) is 12.8 Å². The molecule has 3 aliphatic carbocycles. The maximum atomic E-state index is 4.81. The molecule has 194 valence electrons. The Bertz CT molecular complexity index is 1020. The van der Waals surface area contributed by atoms with E-state index in [1.54, 1.807) is 0 Å². The summed E-state index contributed by atoms with van der Waals surface area (Å²) in [6.07, 6.45) is 8.42. The normalized spacial score (nSPS) is 27.3. The molecule has 1 aromatic rings. The van der Waals surface area contributed by atoms with Gasteiger partial charge in [-0.25, -0.2) is 0 Å². The van der Waals surface area contributed by atoms with Crippen LogP contribution in [0.1, 0.15) is 64.5 Å². The first kappa shape index (κ1) is 26.6. The van der Waals surface area contributed by atoms with E-state index in [9.17, 15) is 0 Å². The summed E-state index contributed by atoms with van der Waals surface area (Å²) in [6, 6.07) is 9.41. The van der Waals surface area contributed by atoms with Crippen molar-refractivity contribution in [2.45, 2.75) is 78.3 Å². The summed E-state index contributed by atoms with van der Waals surface area (Å²) in [5.74, 6) is 2.77. The van der Waals surface area contributed by atoms with Crippen molar-refractivity contribution in [2.24, 2.45) is 35.0 Å². The molecule has 0 aliphatic heterocycles. The molecule has 0 spiro atoms. The van der Waals surface area contributed by atoms with E-state index < -0.39 is 0 Å². The molecule has 0 bridgehead atoms. The van der Waals surface area contributed by atoms with Gasteiger partial charge >= 0.3 is 0 Å². The van der Waals surface area contributed by atoms with Gasteiger partial charge in [-0.05, 0) is 79.2 Å². The molecule has 0 saturated heterocycles. The molecule has 0 aromatic heterocycles. The summed E-state index contributed by atoms with van der Waals surface area (Å²) in [7, 11) is 0. The van der Waals surface area contributed by atoms with Crippen LogP contribution in [0.25, 0.3) is 0 Å². The second-order valence-electron chi connectivity index (χ2n) is 12.4. The van der Waals surface area contributed by atoms with E-state index in [0.717, 1.165) is 43.7 Å². The molecule has 2 fully saturated rings. The summed E-state index contributed by atoms with van der Waals surface area (Å²) in [5, 5.41) is 7.64. The molecule has 6 unspecified atom stereocenters. The lowest BCUT2D eigenvalue weighted by atomic mass is 9.74. The van der Waals surface area contributed by atoms with E-state index in [4.69, 9.17) is 6.58 Å². The van der Waals surface area contributed by atoms with Crippen molar-refractivity contribution in [1.29, 1.82) is 0 Å². The molecule has 0 radical (unpaired) electrons. The van der Waals surface area contributed by atoms with Gasteiger partial charge in [0.2, 0.25) is 0 Å². The molecule has 2 saturated carbocycles. The zero-order valence-electron chi connectivity index (χ0n) is 23.2. The van der Waals surface area contributed by atoms with Crippen molar-refractivity contribution >= 4 is 0 Å². The van der Waals surface area contributed by atoms with Crippen LogP contribution >= 0.6 is 0 Å². The average molecular weight is 485 g/mol. The van der Waals surface area contributed by atoms with Crippen LogP contribution < -0.4 is 10.6 Å². The van der Waals surface area contributed by atoms with Gasteiger partial charge in [0.1, 0.15) is 0 Å².